The van der Waals surface area contributed by atoms with Crippen molar-refractivity contribution in [1.82, 2.24) is 15.0 Å². The molecule has 0 unspecified atom stereocenters. The minimum atomic E-state index is 0.684. The normalized spacial score (nSPS) is 10.1. The number of aryl methyl sites for hydroxylation is 1. The Morgan fingerprint density at radius 1 is 1.31 bits per heavy atom. The van der Waals surface area contributed by atoms with E-state index < -0.39 is 0 Å². The number of hydrogen-bond acceptors (Lipinski definition) is 6. The van der Waals surface area contributed by atoms with Gasteiger partial charge in [0.2, 0.25) is 0 Å². The Bertz CT molecular complexity index is 454. The zero-order chi connectivity index (χ0) is 11.4. The van der Waals surface area contributed by atoms with Crippen molar-refractivity contribution in [1.29, 1.82) is 0 Å². The molecule has 0 saturated carbocycles. The van der Waals surface area contributed by atoms with E-state index in [1.807, 2.05) is 30.9 Å². The summed E-state index contributed by atoms with van der Waals surface area (Å²) < 4.78 is 0. The predicted octanol–water partition coefficient (Wildman–Crippen LogP) is 1.90. The first-order valence-corrected chi connectivity index (χ1v) is 5.86. The van der Waals surface area contributed by atoms with Gasteiger partial charge in [0.15, 0.2) is 0 Å². The maximum Gasteiger partial charge on any atom is 0.132 e. The molecule has 0 saturated heterocycles. The van der Waals surface area contributed by atoms with Gasteiger partial charge < -0.3 is 10.6 Å². The minimum absolute atomic E-state index is 0.684. The molecule has 2 N–H and O–H groups in total. The second-order valence-electron chi connectivity index (χ2n) is 3.27. The summed E-state index contributed by atoms with van der Waals surface area (Å²) in [5.74, 6) is 2.37. The Morgan fingerprint density at radius 3 is 2.81 bits per heavy atom. The lowest BCUT2D eigenvalue weighted by atomic mass is 10.4. The van der Waals surface area contributed by atoms with Gasteiger partial charge in [-0.3, -0.25) is 0 Å². The fourth-order valence-corrected chi connectivity index (χ4v) is 1.85. The molecule has 6 heteroatoms. The quantitative estimate of drug-likeness (QED) is 0.847. The van der Waals surface area contributed by atoms with Gasteiger partial charge in [-0.25, -0.2) is 15.0 Å². The molecular weight excluding hydrogens is 222 g/mol. The molecule has 0 amide bonds. The molecule has 0 atom stereocenters. The summed E-state index contributed by atoms with van der Waals surface area (Å²) in [5.41, 5.74) is 2.84. The van der Waals surface area contributed by atoms with E-state index in [0.29, 0.717) is 6.54 Å². The number of nitrogens with zero attached hydrogens (tertiary/aromatic N) is 3. The van der Waals surface area contributed by atoms with Crippen LogP contribution in [0.1, 0.15) is 11.5 Å². The van der Waals surface area contributed by atoms with Gasteiger partial charge in [-0.15, -0.1) is 11.3 Å². The summed E-state index contributed by atoms with van der Waals surface area (Å²) in [6, 6.07) is 1.87. The average Bonchev–Trinajstić information content (AvgIpc) is 2.78. The number of aromatic nitrogens is 3. The number of rotatable bonds is 4. The van der Waals surface area contributed by atoms with Crippen molar-refractivity contribution in [3.8, 4) is 0 Å². The molecular formula is C10H13N5S. The van der Waals surface area contributed by atoms with Crippen molar-refractivity contribution < 1.29 is 0 Å². The molecule has 2 heterocycles. The highest BCUT2D eigenvalue weighted by molar-refractivity contribution is 7.07. The third-order valence-electron chi connectivity index (χ3n) is 2.03. The number of nitrogens with one attached hydrogen (secondary N) is 2. The maximum absolute atomic E-state index is 4.29. The molecule has 2 aromatic rings. The largest absolute Gasteiger partial charge is 0.373 e. The van der Waals surface area contributed by atoms with Crippen molar-refractivity contribution in [2.75, 3.05) is 17.7 Å². The standard InChI is InChI=1S/C10H13N5S/c1-7-14-9(11-2)3-10(15-7)12-4-8-5-16-6-13-8/h3,5-6H,4H2,1-2H3,(H2,11,12,14,15). The fourth-order valence-electron chi connectivity index (χ4n) is 1.29. The minimum Gasteiger partial charge on any atom is -0.373 e. The number of hydrogen-bond donors (Lipinski definition) is 2. The van der Waals surface area contributed by atoms with Gasteiger partial charge in [0.05, 0.1) is 17.7 Å². The Balaban J connectivity index is 2.06. The summed E-state index contributed by atoms with van der Waals surface area (Å²) in [5, 5.41) is 8.23. The Morgan fingerprint density at radius 2 is 2.12 bits per heavy atom. The topological polar surface area (TPSA) is 62.7 Å². The van der Waals surface area contributed by atoms with Crippen molar-refractivity contribution in [3.05, 3.63) is 28.5 Å². The van der Waals surface area contributed by atoms with Crippen LogP contribution < -0.4 is 10.6 Å². The second kappa shape index (κ2) is 4.89. The van der Waals surface area contributed by atoms with E-state index in [9.17, 15) is 0 Å². The molecule has 0 radical (unpaired) electrons. The lowest BCUT2D eigenvalue weighted by Gasteiger charge is -2.06. The summed E-state index contributed by atoms with van der Waals surface area (Å²) >= 11 is 1.59. The van der Waals surface area contributed by atoms with Gasteiger partial charge in [-0.2, -0.15) is 0 Å². The Hall–Kier alpha value is -1.69. The molecule has 16 heavy (non-hydrogen) atoms. The van der Waals surface area contributed by atoms with Crippen LogP contribution >= 0.6 is 11.3 Å². The van der Waals surface area contributed by atoms with Crippen LogP contribution in [-0.2, 0) is 6.54 Å². The van der Waals surface area contributed by atoms with Crippen LogP contribution in [-0.4, -0.2) is 22.0 Å². The van der Waals surface area contributed by atoms with Crippen LogP contribution in [0.3, 0.4) is 0 Å². The smallest absolute Gasteiger partial charge is 0.132 e. The van der Waals surface area contributed by atoms with Crippen molar-refractivity contribution in [2.45, 2.75) is 13.5 Å². The molecule has 0 spiro atoms. The highest BCUT2D eigenvalue weighted by Crippen LogP contribution is 2.11. The zero-order valence-electron chi connectivity index (χ0n) is 9.19. The van der Waals surface area contributed by atoms with Gasteiger partial charge in [0.1, 0.15) is 17.5 Å². The first-order chi connectivity index (χ1) is 7.78. The van der Waals surface area contributed by atoms with Crippen LogP contribution in [0, 0.1) is 6.92 Å². The summed E-state index contributed by atoms with van der Waals surface area (Å²) in [6.07, 6.45) is 0. The van der Waals surface area contributed by atoms with Crippen LogP contribution in [0.25, 0.3) is 0 Å². The van der Waals surface area contributed by atoms with Crippen LogP contribution in [0.5, 0.6) is 0 Å². The van der Waals surface area contributed by atoms with E-state index in [0.717, 1.165) is 23.2 Å². The van der Waals surface area contributed by atoms with E-state index in [2.05, 4.69) is 25.6 Å². The third kappa shape index (κ3) is 2.66. The fraction of sp³-hybridized carbons (Fsp3) is 0.300. The molecule has 2 rings (SSSR count). The molecule has 0 aliphatic rings. The van der Waals surface area contributed by atoms with E-state index >= 15 is 0 Å². The average molecular weight is 235 g/mol. The number of anilines is 2. The molecule has 84 valence electrons. The zero-order valence-corrected chi connectivity index (χ0v) is 10.0. The van der Waals surface area contributed by atoms with Gasteiger partial charge in [0, 0.05) is 18.5 Å². The summed E-state index contributed by atoms with van der Waals surface area (Å²) in [6.45, 7) is 2.55. The SMILES string of the molecule is CNc1cc(NCc2cscn2)nc(C)n1. The Kier molecular flexibility index (Phi) is 3.31. The van der Waals surface area contributed by atoms with Gasteiger partial charge in [-0.05, 0) is 6.92 Å². The molecule has 0 aliphatic heterocycles. The van der Waals surface area contributed by atoms with Crippen molar-refractivity contribution in [3.63, 3.8) is 0 Å². The van der Waals surface area contributed by atoms with Crippen LogP contribution in [0.15, 0.2) is 17.0 Å². The molecule has 0 bridgehead atoms. The Labute approximate surface area is 98.0 Å². The van der Waals surface area contributed by atoms with Gasteiger partial charge in [-0.1, -0.05) is 0 Å². The highest BCUT2D eigenvalue weighted by Gasteiger charge is 2.01. The molecule has 0 aromatic carbocycles. The second-order valence-corrected chi connectivity index (χ2v) is 3.99. The van der Waals surface area contributed by atoms with E-state index in [4.69, 9.17) is 0 Å². The highest BCUT2D eigenvalue weighted by atomic mass is 32.1. The summed E-state index contributed by atoms with van der Waals surface area (Å²) in [4.78, 5) is 12.7. The molecule has 0 fully saturated rings. The monoisotopic (exact) mass is 235 g/mol. The van der Waals surface area contributed by atoms with Crippen LogP contribution in [0.2, 0.25) is 0 Å². The first kappa shape index (κ1) is 10.8. The molecule has 2 aromatic heterocycles. The first-order valence-electron chi connectivity index (χ1n) is 4.92. The molecule has 0 aliphatic carbocycles. The van der Waals surface area contributed by atoms with Crippen molar-refractivity contribution >= 4 is 23.0 Å². The number of thiazole rings is 1. The van der Waals surface area contributed by atoms with E-state index in [-0.39, 0.29) is 0 Å². The predicted molar refractivity (Wildman–Crippen MR) is 65.8 cm³/mol. The lowest BCUT2D eigenvalue weighted by molar-refractivity contribution is 1.01. The van der Waals surface area contributed by atoms with E-state index in [1.165, 1.54) is 0 Å². The lowest BCUT2D eigenvalue weighted by Crippen LogP contribution is -2.05. The van der Waals surface area contributed by atoms with Crippen molar-refractivity contribution in [2.24, 2.45) is 0 Å². The van der Waals surface area contributed by atoms with Gasteiger partial charge in [0.25, 0.3) is 0 Å². The van der Waals surface area contributed by atoms with E-state index in [1.54, 1.807) is 11.3 Å². The van der Waals surface area contributed by atoms with Crippen LogP contribution in [0.4, 0.5) is 11.6 Å². The van der Waals surface area contributed by atoms with Gasteiger partial charge >= 0.3 is 0 Å². The third-order valence-corrected chi connectivity index (χ3v) is 2.66. The molecule has 5 nitrogen and oxygen atoms in total. The summed E-state index contributed by atoms with van der Waals surface area (Å²) in [7, 11) is 1.84. The maximum atomic E-state index is 4.29.